The Kier molecular flexibility index (Phi) is 5.13. The minimum Gasteiger partial charge on any atom is -0.350 e. The summed E-state index contributed by atoms with van der Waals surface area (Å²) in [6.07, 6.45) is 10.2. The predicted octanol–water partition coefficient (Wildman–Crippen LogP) is 3.68. The van der Waals surface area contributed by atoms with Crippen molar-refractivity contribution in [2.24, 2.45) is 0 Å². The van der Waals surface area contributed by atoms with Gasteiger partial charge in [0.2, 0.25) is 5.91 Å². The molecule has 2 nitrogen and oxygen atoms in total. The predicted molar refractivity (Wildman–Crippen MR) is 75.1 cm³/mol. The summed E-state index contributed by atoms with van der Waals surface area (Å²) >= 11 is 0. The van der Waals surface area contributed by atoms with Crippen molar-refractivity contribution in [1.82, 2.24) is 5.32 Å². The maximum absolute atomic E-state index is 13.0. The maximum Gasteiger partial charge on any atom is 0.244 e. The highest BCUT2D eigenvalue weighted by molar-refractivity contribution is 5.91. The second-order valence-electron chi connectivity index (χ2n) is 5.09. The summed E-state index contributed by atoms with van der Waals surface area (Å²) in [4.78, 5) is 11.8. The Hall–Kier alpha value is -1.64. The van der Waals surface area contributed by atoms with Crippen molar-refractivity contribution in [3.05, 3.63) is 41.7 Å². The molecule has 1 amide bonds. The van der Waals surface area contributed by atoms with Gasteiger partial charge in [0.15, 0.2) is 0 Å². The van der Waals surface area contributed by atoms with E-state index in [0.29, 0.717) is 11.6 Å². The van der Waals surface area contributed by atoms with E-state index in [4.69, 9.17) is 0 Å². The quantitative estimate of drug-likeness (QED) is 0.652. The van der Waals surface area contributed by atoms with Crippen molar-refractivity contribution in [3.8, 4) is 0 Å². The van der Waals surface area contributed by atoms with Gasteiger partial charge in [0, 0.05) is 12.1 Å². The molecule has 2 rings (SSSR count). The zero-order valence-corrected chi connectivity index (χ0v) is 11.1. The van der Waals surface area contributed by atoms with Gasteiger partial charge in [-0.2, -0.15) is 0 Å². The monoisotopic (exact) mass is 261 g/mol. The summed E-state index contributed by atoms with van der Waals surface area (Å²) < 4.78 is 13.0. The molecule has 1 saturated carbocycles. The van der Waals surface area contributed by atoms with Gasteiger partial charge in [-0.3, -0.25) is 4.79 Å². The molecule has 0 saturated heterocycles. The van der Waals surface area contributed by atoms with Gasteiger partial charge in [-0.05, 0) is 36.6 Å². The van der Waals surface area contributed by atoms with Crippen molar-refractivity contribution in [1.29, 1.82) is 0 Å². The number of hydrogen-bond donors (Lipinski definition) is 1. The van der Waals surface area contributed by atoms with Crippen LogP contribution < -0.4 is 5.32 Å². The number of hydrogen-bond acceptors (Lipinski definition) is 1. The lowest BCUT2D eigenvalue weighted by atomic mass is 10.1. The standard InChI is InChI=1S/C16H20FNO/c17-14-7-5-6-13(12-14)10-11-16(19)18-15-8-3-1-2-4-9-15/h5-7,10-12,15H,1-4,8-9H2,(H,18,19). The summed E-state index contributed by atoms with van der Waals surface area (Å²) in [5.41, 5.74) is 0.705. The lowest BCUT2D eigenvalue weighted by Gasteiger charge is -2.14. The van der Waals surface area contributed by atoms with Gasteiger partial charge in [0.25, 0.3) is 0 Å². The van der Waals surface area contributed by atoms with E-state index in [2.05, 4.69) is 5.32 Å². The molecule has 1 N–H and O–H groups in total. The first-order chi connectivity index (χ1) is 9.24. The molecule has 1 aromatic rings. The van der Waals surface area contributed by atoms with E-state index in [1.54, 1.807) is 18.2 Å². The van der Waals surface area contributed by atoms with Crippen LogP contribution in [-0.2, 0) is 4.79 Å². The summed E-state index contributed by atoms with van der Waals surface area (Å²) in [6.45, 7) is 0. The number of halogens is 1. The molecule has 0 unspecified atom stereocenters. The number of benzene rings is 1. The van der Waals surface area contributed by atoms with Gasteiger partial charge in [0.1, 0.15) is 5.82 Å². The number of amides is 1. The highest BCUT2D eigenvalue weighted by atomic mass is 19.1. The van der Waals surface area contributed by atoms with Gasteiger partial charge in [-0.25, -0.2) is 4.39 Å². The lowest BCUT2D eigenvalue weighted by molar-refractivity contribution is -0.117. The summed E-state index contributed by atoms with van der Waals surface area (Å²) in [5.74, 6) is -0.373. The molecular weight excluding hydrogens is 241 g/mol. The van der Waals surface area contributed by atoms with Gasteiger partial charge in [-0.15, -0.1) is 0 Å². The van der Waals surface area contributed by atoms with Crippen LogP contribution in [0.3, 0.4) is 0 Å². The van der Waals surface area contributed by atoms with Gasteiger partial charge in [0.05, 0.1) is 0 Å². The molecule has 0 aliphatic heterocycles. The number of carbonyl (C=O) groups excluding carboxylic acids is 1. The van der Waals surface area contributed by atoms with Crippen LogP contribution in [0.5, 0.6) is 0 Å². The van der Waals surface area contributed by atoms with Gasteiger partial charge < -0.3 is 5.32 Å². The molecule has 3 heteroatoms. The normalized spacial score (nSPS) is 17.3. The molecule has 1 fully saturated rings. The van der Waals surface area contributed by atoms with E-state index < -0.39 is 0 Å². The Labute approximate surface area is 113 Å². The zero-order chi connectivity index (χ0) is 13.5. The molecule has 0 radical (unpaired) electrons. The fourth-order valence-electron chi connectivity index (χ4n) is 2.46. The minimum atomic E-state index is -0.286. The first kappa shape index (κ1) is 13.8. The fourth-order valence-corrected chi connectivity index (χ4v) is 2.46. The smallest absolute Gasteiger partial charge is 0.244 e. The van der Waals surface area contributed by atoms with E-state index in [1.807, 2.05) is 0 Å². The van der Waals surface area contributed by atoms with Crippen LogP contribution in [0.25, 0.3) is 6.08 Å². The van der Waals surface area contributed by atoms with E-state index in [1.165, 1.54) is 43.9 Å². The molecule has 19 heavy (non-hydrogen) atoms. The van der Waals surface area contributed by atoms with Crippen molar-refractivity contribution >= 4 is 12.0 Å². The molecule has 1 aliphatic rings. The third-order valence-corrected chi connectivity index (χ3v) is 3.48. The molecule has 0 aromatic heterocycles. The van der Waals surface area contributed by atoms with Crippen LogP contribution in [0, 0.1) is 5.82 Å². The first-order valence-corrected chi connectivity index (χ1v) is 6.98. The minimum absolute atomic E-state index is 0.0869. The summed E-state index contributed by atoms with van der Waals surface area (Å²) in [5, 5.41) is 3.02. The molecule has 0 atom stereocenters. The van der Waals surface area contributed by atoms with Crippen molar-refractivity contribution in [2.75, 3.05) is 0 Å². The van der Waals surface area contributed by atoms with Crippen LogP contribution in [0.15, 0.2) is 30.3 Å². The van der Waals surface area contributed by atoms with Crippen LogP contribution in [-0.4, -0.2) is 11.9 Å². The Morgan fingerprint density at radius 3 is 2.63 bits per heavy atom. The Bertz CT molecular complexity index is 448. The summed E-state index contributed by atoms with van der Waals surface area (Å²) in [7, 11) is 0. The average molecular weight is 261 g/mol. The number of nitrogens with one attached hydrogen (secondary N) is 1. The van der Waals surface area contributed by atoms with E-state index >= 15 is 0 Å². The van der Waals surface area contributed by atoms with Gasteiger partial charge >= 0.3 is 0 Å². The SMILES string of the molecule is O=C(C=Cc1cccc(F)c1)NC1CCCCCC1. The molecule has 0 bridgehead atoms. The van der Waals surface area contributed by atoms with Crippen LogP contribution in [0.4, 0.5) is 4.39 Å². The third-order valence-electron chi connectivity index (χ3n) is 3.48. The zero-order valence-electron chi connectivity index (χ0n) is 11.1. The highest BCUT2D eigenvalue weighted by Crippen LogP contribution is 2.17. The Morgan fingerprint density at radius 2 is 1.95 bits per heavy atom. The molecular formula is C16H20FNO. The van der Waals surface area contributed by atoms with Gasteiger partial charge in [-0.1, -0.05) is 37.8 Å². The van der Waals surface area contributed by atoms with Crippen molar-refractivity contribution in [3.63, 3.8) is 0 Å². The second-order valence-corrected chi connectivity index (χ2v) is 5.09. The molecule has 1 aromatic carbocycles. The topological polar surface area (TPSA) is 29.1 Å². The molecule has 1 aliphatic carbocycles. The second kappa shape index (κ2) is 7.07. The third kappa shape index (κ3) is 4.86. The fraction of sp³-hybridized carbons (Fsp3) is 0.438. The van der Waals surface area contributed by atoms with E-state index in [0.717, 1.165) is 12.8 Å². The van der Waals surface area contributed by atoms with Crippen molar-refractivity contribution in [2.45, 2.75) is 44.6 Å². The lowest BCUT2D eigenvalue weighted by Crippen LogP contribution is -2.33. The highest BCUT2D eigenvalue weighted by Gasteiger charge is 2.12. The van der Waals surface area contributed by atoms with Crippen LogP contribution in [0.1, 0.15) is 44.1 Å². The van der Waals surface area contributed by atoms with Crippen LogP contribution in [0.2, 0.25) is 0 Å². The molecule has 0 heterocycles. The van der Waals surface area contributed by atoms with E-state index in [-0.39, 0.29) is 11.7 Å². The van der Waals surface area contributed by atoms with E-state index in [9.17, 15) is 9.18 Å². The van der Waals surface area contributed by atoms with Crippen molar-refractivity contribution < 1.29 is 9.18 Å². The molecule has 0 spiro atoms. The first-order valence-electron chi connectivity index (χ1n) is 6.98. The Balaban J connectivity index is 1.86. The number of carbonyl (C=O) groups is 1. The average Bonchev–Trinajstić information content (AvgIpc) is 2.65. The number of rotatable bonds is 3. The maximum atomic E-state index is 13.0. The Morgan fingerprint density at radius 1 is 1.21 bits per heavy atom. The molecule has 102 valence electrons. The largest absolute Gasteiger partial charge is 0.350 e. The van der Waals surface area contributed by atoms with Crippen LogP contribution >= 0.6 is 0 Å². The summed E-state index contributed by atoms with van der Waals surface area (Å²) in [6, 6.07) is 6.52.